The predicted molar refractivity (Wildman–Crippen MR) is 99.2 cm³/mol. The summed E-state index contributed by atoms with van der Waals surface area (Å²) in [4.78, 5) is 28.8. The number of carbonyl (C=O) groups excluding carboxylic acids is 2. The van der Waals surface area contributed by atoms with E-state index < -0.39 is 0 Å². The van der Waals surface area contributed by atoms with E-state index in [4.69, 9.17) is 16.3 Å². The molecule has 0 spiro atoms. The molecular formula is C19H27ClN2O3. The first-order valence-electron chi connectivity index (χ1n) is 8.62. The van der Waals surface area contributed by atoms with Gasteiger partial charge in [-0.05, 0) is 30.0 Å². The molecule has 0 radical (unpaired) electrons. The van der Waals surface area contributed by atoms with E-state index in [0.717, 1.165) is 6.42 Å². The lowest BCUT2D eigenvalue weighted by molar-refractivity contribution is -0.132. The average molecular weight is 367 g/mol. The summed E-state index contributed by atoms with van der Waals surface area (Å²) in [5, 5.41) is 0.384. The number of carbonyl (C=O) groups is 2. The van der Waals surface area contributed by atoms with Gasteiger partial charge in [0.25, 0.3) is 5.91 Å². The maximum absolute atomic E-state index is 12.8. The summed E-state index contributed by atoms with van der Waals surface area (Å²) in [5.74, 6) is 0.679. The van der Waals surface area contributed by atoms with Crippen LogP contribution in [-0.4, -0.2) is 54.9 Å². The number of benzene rings is 1. The fraction of sp³-hybridized carbons (Fsp3) is 0.579. The molecule has 0 aromatic heterocycles. The highest BCUT2D eigenvalue weighted by atomic mass is 35.5. The van der Waals surface area contributed by atoms with Crippen LogP contribution in [0.15, 0.2) is 18.2 Å². The third-order valence-corrected chi connectivity index (χ3v) is 4.54. The molecule has 1 aromatic carbocycles. The van der Waals surface area contributed by atoms with E-state index in [1.165, 1.54) is 0 Å². The minimum Gasteiger partial charge on any atom is -0.497 e. The predicted octanol–water partition coefficient (Wildman–Crippen LogP) is 3.46. The number of amides is 2. The van der Waals surface area contributed by atoms with Crippen molar-refractivity contribution < 1.29 is 14.3 Å². The van der Waals surface area contributed by atoms with Gasteiger partial charge < -0.3 is 14.5 Å². The zero-order valence-corrected chi connectivity index (χ0v) is 16.2. The molecule has 1 saturated heterocycles. The molecule has 1 heterocycles. The van der Waals surface area contributed by atoms with Gasteiger partial charge in [-0.2, -0.15) is 0 Å². The summed E-state index contributed by atoms with van der Waals surface area (Å²) >= 11 is 6.22. The molecule has 1 aliphatic heterocycles. The van der Waals surface area contributed by atoms with Crippen molar-refractivity contribution in [3.05, 3.63) is 28.8 Å². The van der Waals surface area contributed by atoms with E-state index in [1.54, 1.807) is 30.2 Å². The highest BCUT2D eigenvalue weighted by Gasteiger charge is 2.26. The number of rotatable bonds is 3. The summed E-state index contributed by atoms with van der Waals surface area (Å²) in [6, 6.07) is 5.07. The molecule has 0 bridgehead atoms. The first kappa shape index (κ1) is 19.6. The van der Waals surface area contributed by atoms with Gasteiger partial charge in [-0.25, -0.2) is 0 Å². The Kier molecular flexibility index (Phi) is 6.33. The zero-order chi connectivity index (χ0) is 18.6. The van der Waals surface area contributed by atoms with Crippen molar-refractivity contribution in [3.8, 4) is 5.75 Å². The summed E-state index contributed by atoms with van der Waals surface area (Å²) in [5.41, 5.74) is 0.437. The molecule has 25 heavy (non-hydrogen) atoms. The molecule has 0 unspecified atom stereocenters. The van der Waals surface area contributed by atoms with Crippen molar-refractivity contribution in [2.45, 2.75) is 33.6 Å². The molecule has 0 N–H and O–H groups in total. The molecule has 5 nitrogen and oxygen atoms in total. The van der Waals surface area contributed by atoms with Crippen LogP contribution in [0.4, 0.5) is 0 Å². The van der Waals surface area contributed by atoms with E-state index in [-0.39, 0.29) is 17.2 Å². The Morgan fingerprint density at radius 3 is 2.36 bits per heavy atom. The maximum atomic E-state index is 12.8. The molecular weight excluding hydrogens is 340 g/mol. The Balaban J connectivity index is 2.03. The third-order valence-electron chi connectivity index (χ3n) is 4.22. The Labute approximate surface area is 154 Å². The van der Waals surface area contributed by atoms with E-state index in [2.05, 4.69) is 20.8 Å². The average Bonchev–Trinajstić information content (AvgIpc) is 2.78. The summed E-state index contributed by atoms with van der Waals surface area (Å²) in [6.07, 6.45) is 1.29. The first-order valence-corrected chi connectivity index (χ1v) is 8.99. The minimum absolute atomic E-state index is 0.0322. The van der Waals surface area contributed by atoms with Crippen LogP contribution in [0.25, 0.3) is 0 Å². The summed E-state index contributed by atoms with van der Waals surface area (Å²) in [7, 11) is 1.56. The minimum atomic E-state index is -0.0993. The molecule has 6 heteroatoms. The van der Waals surface area contributed by atoms with Gasteiger partial charge in [0.15, 0.2) is 0 Å². The number of hydrogen-bond donors (Lipinski definition) is 0. The lowest BCUT2D eigenvalue weighted by atomic mass is 9.91. The zero-order valence-electron chi connectivity index (χ0n) is 15.5. The van der Waals surface area contributed by atoms with Crippen molar-refractivity contribution in [3.63, 3.8) is 0 Å². The first-order chi connectivity index (χ1) is 11.7. The van der Waals surface area contributed by atoms with Crippen LogP contribution in [0.5, 0.6) is 5.75 Å². The normalized spacial score (nSPS) is 15.7. The lowest BCUT2D eigenvalue weighted by Crippen LogP contribution is -2.38. The third kappa shape index (κ3) is 5.36. The number of methoxy groups -OCH3 is 1. The quantitative estimate of drug-likeness (QED) is 0.823. The summed E-state index contributed by atoms with van der Waals surface area (Å²) in [6.45, 7) is 8.58. The second-order valence-corrected chi connectivity index (χ2v) is 8.02. The maximum Gasteiger partial charge on any atom is 0.255 e. The van der Waals surface area contributed by atoms with Crippen LogP contribution in [0.2, 0.25) is 5.02 Å². The highest BCUT2D eigenvalue weighted by Crippen LogP contribution is 2.24. The molecule has 1 aromatic rings. The van der Waals surface area contributed by atoms with Crippen LogP contribution >= 0.6 is 11.6 Å². The van der Waals surface area contributed by atoms with Gasteiger partial charge in [0.2, 0.25) is 5.91 Å². The van der Waals surface area contributed by atoms with Gasteiger partial charge in [-0.15, -0.1) is 0 Å². The molecule has 0 aliphatic carbocycles. The van der Waals surface area contributed by atoms with Gasteiger partial charge in [0.05, 0.1) is 17.7 Å². The highest BCUT2D eigenvalue weighted by molar-refractivity contribution is 6.34. The van der Waals surface area contributed by atoms with Crippen molar-refractivity contribution in [2.75, 3.05) is 33.3 Å². The SMILES string of the molecule is COc1ccc(C(=O)N2CCCN(C(=O)CC(C)(C)C)CC2)c(Cl)c1. The van der Waals surface area contributed by atoms with E-state index in [1.807, 2.05) is 4.90 Å². The van der Waals surface area contributed by atoms with Crippen LogP contribution in [0, 0.1) is 5.41 Å². The fourth-order valence-electron chi connectivity index (χ4n) is 2.90. The van der Waals surface area contributed by atoms with E-state index in [9.17, 15) is 9.59 Å². The van der Waals surface area contributed by atoms with Gasteiger partial charge in [-0.1, -0.05) is 32.4 Å². The Hall–Kier alpha value is -1.75. The second-order valence-electron chi connectivity index (χ2n) is 7.61. The molecule has 2 amide bonds. The Morgan fingerprint density at radius 2 is 1.76 bits per heavy atom. The van der Waals surface area contributed by atoms with Crippen molar-refractivity contribution in [1.29, 1.82) is 0 Å². The van der Waals surface area contributed by atoms with Crippen molar-refractivity contribution in [1.82, 2.24) is 9.80 Å². The Bertz CT molecular complexity index is 640. The number of ether oxygens (including phenoxy) is 1. The summed E-state index contributed by atoms with van der Waals surface area (Å²) < 4.78 is 5.12. The van der Waals surface area contributed by atoms with Gasteiger partial charge in [-0.3, -0.25) is 9.59 Å². The van der Waals surface area contributed by atoms with Crippen LogP contribution < -0.4 is 4.74 Å². The molecule has 0 atom stereocenters. The standard InChI is InChI=1S/C19H27ClN2O3/c1-19(2,3)13-17(23)21-8-5-9-22(11-10-21)18(24)15-7-6-14(25-4)12-16(15)20/h6-7,12H,5,8-11,13H2,1-4H3. The number of nitrogens with zero attached hydrogens (tertiary/aromatic N) is 2. The van der Waals surface area contributed by atoms with Crippen molar-refractivity contribution in [2.24, 2.45) is 5.41 Å². The number of hydrogen-bond acceptors (Lipinski definition) is 3. The lowest BCUT2D eigenvalue weighted by Gasteiger charge is -2.26. The molecule has 1 aliphatic rings. The van der Waals surface area contributed by atoms with Crippen LogP contribution in [0.3, 0.4) is 0 Å². The number of halogens is 1. The molecule has 2 rings (SSSR count). The smallest absolute Gasteiger partial charge is 0.255 e. The molecule has 1 fully saturated rings. The Morgan fingerprint density at radius 1 is 1.12 bits per heavy atom. The molecule has 0 saturated carbocycles. The monoisotopic (exact) mass is 366 g/mol. The van der Waals surface area contributed by atoms with E-state index >= 15 is 0 Å². The van der Waals surface area contributed by atoms with E-state index in [0.29, 0.717) is 48.9 Å². The largest absolute Gasteiger partial charge is 0.497 e. The van der Waals surface area contributed by atoms with Crippen LogP contribution in [0.1, 0.15) is 44.0 Å². The van der Waals surface area contributed by atoms with Gasteiger partial charge in [0, 0.05) is 32.6 Å². The second kappa shape index (κ2) is 8.09. The van der Waals surface area contributed by atoms with Gasteiger partial charge in [0.1, 0.15) is 5.75 Å². The fourth-order valence-corrected chi connectivity index (χ4v) is 3.15. The van der Waals surface area contributed by atoms with Crippen molar-refractivity contribution >= 4 is 23.4 Å². The van der Waals surface area contributed by atoms with Gasteiger partial charge >= 0.3 is 0 Å². The topological polar surface area (TPSA) is 49.9 Å². The molecule has 138 valence electrons. The van der Waals surface area contributed by atoms with Crippen LogP contribution in [-0.2, 0) is 4.79 Å².